The van der Waals surface area contributed by atoms with E-state index in [-0.39, 0.29) is 5.91 Å². The molecule has 2 aromatic rings. The molecule has 0 bridgehead atoms. The second kappa shape index (κ2) is 8.58. The first-order valence-electron chi connectivity index (χ1n) is 9.74. The molecule has 1 aliphatic rings. The summed E-state index contributed by atoms with van der Waals surface area (Å²) >= 11 is 0. The Balaban J connectivity index is 1.59. The van der Waals surface area contributed by atoms with Gasteiger partial charge in [-0.2, -0.15) is 0 Å². The molecule has 0 aromatic carbocycles. The van der Waals surface area contributed by atoms with Crippen molar-refractivity contribution in [3.63, 3.8) is 0 Å². The van der Waals surface area contributed by atoms with Crippen molar-refractivity contribution in [1.82, 2.24) is 9.38 Å². The molecule has 1 saturated carbocycles. The third-order valence-electron chi connectivity index (χ3n) is 5.10. The molecule has 0 spiro atoms. The molecule has 2 atom stereocenters. The van der Waals surface area contributed by atoms with Gasteiger partial charge in [0.15, 0.2) is 0 Å². The van der Waals surface area contributed by atoms with Crippen LogP contribution in [0.15, 0.2) is 23.3 Å². The monoisotopic (exact) mass is 355 g/mol. The first kappa shape index (κ1) is 18.8. The zero-order valence-corrected chi connectivity index (χ0v) is 16.1. The summed E-state index contributed by atoms with van der Waals surface area (Å²) in [4.78, 5) is 21.3. The summed E-state index contributed by atoms with van der Waals surface area (Å²) in [6.07, 6.45) is 10.7. The van der Waals surface area contributed by atoms with E-state index in [1.807, 2.05) is 42.8 Å². The minimum atomic E-state index is -0.211. The average Bonchev–Trinajstić information content (AvgIpc) is 3.23. The smallest absolute Gasteiger partial charge is 0.280 e. The molecule has 0 saturated heterocycles. The fraction of sp³-hybridized carbons (Fsp3) is 0.571. The minimum Gasteiger partial charge on any atom is -0.378 e. The first-order chi connectivity index (χ1) is 12.6. The van der Waals surface area contributed by atoms with Gasteiger partial charge in [0.05, 0.1) is 11.7 Å². The van der Waals surface area contributed by atoms with Gasteiger partial charge in [0.1, 0.15) is 5.65 Å². The Bertz CT molecular complexity index is 794. The van der Waals surface area contributed by atoms with Crippen LogP contribution < -0.4 is 0 Å². The molecule has 0 aliphatic heterocycles. The lowest BCUT2D eigenvalue weighted by molar-refractivity contribution is 0.0547. The van der Waals surface area contributed by atoms with E-state index in [2.05, 4.69) is 16.9 Å². The maximum Gasteiger partial charge on any atom is 0.280 e. The van der Waals surface area contributed by atoms with E-state index in [0.717, 1.165) is 43.7 Å². The predicted octanol–water partition coefficient (Wildman–Crippen LogP) is 4.54. The number of amides is 1. The molecular weight excluding hydrogens is 326 g/mol. The number of ether oxygens (including phenoxy) is 1. The van der Waals surface area contributed by atoms with Crippen LogP contribution >= 0.6 is 0 Å². The van der Waals surface area contributed by atoms with Gasteiger partial charge in [-0.25, -0.2) is 9.98 Å². The summed E-state index contributed by atoms with van der Waals surface area (Å²) < 4.78 is 7.87. The number of aryl methyl sites for hydroxylation is 2. The van der Waals surface area contributed by atoms with Crippen molar-refractivity contribution in [3.8, 4) is 0 Å². The highest BCUT2D eigenvalue weighted by atomic mass is 16.5. The lowest BCUT2D eigenvalue weighted by Gasteiger charge is -2.10. The van der Waals surface area contributed by atoms with Crippen LogP contribution in [0.2, 0.25) is 0 Å². The number of carbonyl (C=O) groups is 1. The van der Waals surface area contributed by atoms with Crippen LogP contribution in [0.5, 0.6) is 0 Å². The molecule has 0 radical (unpaired) electrons. The molecule has 26 heavy (non-hydrogen) atoms. The molecule has 1 amide bonds. The number of aliphatic imine (C=N–C) groups is 1. The molecule has 2 heterocycles. The highest BCUT2D eigenvalue weighted by Crippen LogP contribution is 2.27. The summed E-state index contributed by atoms with van der Waals surface area (Å²) in [6, 6.07) is 3.81. The SMILES string of the molecule is CCCCCO[C@H]1CCC(/C=N\C(=O)c2ccn3c(C)cc(C)nc23)C1. The number of fused-ring (bicyclic) bond motifs is 1. The number of carbonyl (C=O) groups excluding carboxylic acids is 1. The first-order valence-corrected chi connectivity index (χ1v) is 9.74. The third-order valence-corrected chi connectivity index (χ3v) is 5.10. The quantitative estimate of drug-likeness (QED) is 0.541. The second-order valence-electron chi connectivity index (χ2n) is 7.32. The molecular formula is C21H29N3O2. The Morgan fingerprint density at radius 3 is 3.04 bits per heavy atom. The second-order valence-corrected chi connectivity index (χ2v) is 7.32. The van der Waals surface area contributed by atoms with Crippen molar-refractivity contribution in [2.75, 3.05) is 6.61 Å². The molecule has 5 nitrogen and oxygen atoms in total. The number of hydrogen-bond acceptors (Lipinski definition) is 3. The van der Waals surface area contributed by atoms with Gasteiger partial charge in [0.25, 0.3) is 5.91 Å². The highest BCUT2D eigenvalue weighted by Gasteiger charge is 2.24. The molecule has 5 heteroatoms. The van der Waals surface area contributed by atoms with E-state index in [9.17, 15) is 4.79 Å². The number of nitrogens with zero attached hydrogens (tertiary/aromatic N) is 3. The van der Waals surface area contributed by atoms with Crippen LogP contribution in [0.1, 0.15) is 67.2 Å². The highest BCUT2D eigenvalue weighted by molar-refractivity contribution is 6.04. The zero-order chi connectivity index (χ0) is 18.5. The predicted molar refractivity (Wildman–Crippen MR) is 104 cm³/mol. The minimum absolute atomic E-state index is 0.211. The largest absolute Gasteiger partial charge is 0.378 e. The summed E-state index contributed by atoms with van der Waals surface area (Å²) in [5.41, 5.74) is 3.23. The van der Waals surface area contributed by atoms with E-state index >= 15 is 0 Å². The Hall–Kier alpha value is -2.01. The molecule has 2 aromatic heterocycles. The maximum atomic E-state index is 12.5. The lowest BCUT2D eigenvalue weighted by Crippen LogP contribution is -2.10. The van der Waals surface area contributed by atoms with Crippen LogP contribution in [0.25, 0.3) is 5.65 Å². The summed E-state index contributed by atoms with van der Waals surface area (Å²) in [5.74, 6) is 0.123. The van der Waals surface area contributed by atoms with Gasteiger partial charge < -0.3 is 9.14 Å². The van der Waals surface area contributed by atoms with Crippen molar-refractivity contribution < 1.29 is 9.53 Å². The van der Waals surface area contributed by atoms with Gasteiger partial charge in [-0.1, -0.05) is 19.8 Å². The van der Waals surface area contributed by atoms with Crippen molar-refractivity contribution in [1.29, 1.82) is 0 Å². The van der Waals surface area contributed by atoms with Crippen molar-refractivity contribution in [2.24, 2.45) is 10.9 Å². The van der Waals surface area contributed by atoms with Gasteiger partial charge in [-0.3, -0.25) is 4.79 Å². The van der Waals surface area contributed by atoms with E-state index in [0.29, 0.717) is 23.2 Å². The van der Waals surface area contributed by atoms with E-state index in [1.54, 1.807) is 0 Å². The zero-order valence-electron chi connectivity index (χ0n) is 16.1. The molecule has 1 unspecified atom stereocenters. The van der Waals surface area contributed by atoms with Gasteiger partial charge in [0.2, 0.25) is 0 Å². The fourth-order valence-corrected chi connectivity index (χ4v) is 3.67. The van der Waals surface area contributed by atoms with Crippen LogP contribution in [0.4, 0.5) is 0 Å². The van der Waals surface area contributed by atoms with Crippen molar-refractivity contribution >= 4 is 17.8 Å². The maximum absolute atomic E-state index is 12.5. The third kappa shape index (κ3) is 4.39. The van der Waals surface area contributed by atoms with Crippen LogP contribution in [-0.4, -0.2) is 34.2 Å². The average molecular weight is 355 g/mol. The number of hydrogen-bond donors (Lipinski definition) is 0. The van der Waals surface area contributed by atoms with E-state index in [4.69, 9.17) is 4.74 Å². The molecule has 1 fully saturated rings. The van der Waals surface area contributed by atoms with E-state index in [1.165, 1.54) is 12.8 Å². The van der Waals surface area contributed by atoms with Crippen molar-refractivity contribution in [2.45, 2.75) is 65.4 Å². The Morgan fingerprint density at radius 1 is 1.38 bits per heavy atom. The Morgan fingerprint density at radius 2 is 2.23 bits per heavy atom. The summed E-state index contributed by atoms with van der Waals surface area (Å²) in [6.45, 7) is 7.00. The van der Waals surface area contributed by atoms with Gasteiger partial charge >= 0.3 is 0 Å². The van der Waals surface area contributed by atoms with Crippen LogP contribution in [-0.2, 0) is 4.74 Å². The van der Waals surface area contributed by atoms with Crippen LogP contribution in [0, 0.1) is 19.8 Å². The molecule has 0 N–H and O–H groups in total. The normalized spacial score (nSPS) is 20.4. The van der Waals surface area contributed by atoms with Gasteiger partial charge in [-0.15, -0.1) is 0 Å². The number of unbranched alkanes of at least 4 members (excludes halogenated alkanes) is 2. The van der Waals surface area contributed by atoms with Crippen LogP contribution in [0.3, 0.4) is 0 Å². The summed E-state index contributed by atoms with van der Waals surface area (Å²) in [7, 11) is 0. The van der Waals surface area contributed by atoms with E-state index < -0.39 is 0 Å². The van der Waals surface area contributed by atoms with Crippen molar-refractivity contribution in [3.05, 3.63) is 35.3 Å². The lowest BCUT2D eigenvalue weighted by atomic mass is 10.1. The molecule has 1 aliphatic carbocycles. The topological polar surface area (TPSA) is 56.0 Å². The Kier molecular flexibility index (Phi) is 6.20. The fourth-order valence-electron chi connectivity index (χ4n) is 3.67. The van der Waals surface area contributed by atoms with Gasteiger partial charge in [-0.05, 0) is 57.6 Å². The van der Waals surface area contributed by atoms with Gasteiger partial charge in [0, 0.05) is 30.4 Å². The molecule has 140 valence electrons. The number of rotatable bonds is 7. The number of aromatic nitrogens is 2. The summed E-state index contributed by atoms with van der Waals surface area (Å²) in [5, 5.41) is 0. The molecule has 3 rings (SSSR count). The Labute approximate surface area is 155 Å². The standard InChI is InChI=1S/C21H29N3O2/c1-4-5-6-11-26-18-8-7-17(13-18)14-22-21(25)19-9-10-24-16(3)12-15(2)23-20(19)24/h9-10,12,14,17-18H,4-8,11,13H2,1-3H3/b22-14-/t17?,18-/m0/s1.